The molecule has 1 fully saturated rings. The van der Waals surface area contributed by atoms with Crippen LogP contribution >= 0.6 is 0 Å². The second-order valence-electron chi connectivity index (χ2n) is 11.5. The molecule has 222 valence electrons. The molecule has 3 atom stereocenters. The normalized spacial score (nSPS) is 18.5. The van der Waals surface area contributed by atoms with E-state index in [1.807, 2.05) is 48.5 Å². The van der Waals surface area contributed by atoms with Crippen molar-refractivity contribution in [3.63, 3.8) is 0 Å². The molecule has 0 saturated carbocycles. The Morgan fingerprint density at radius 1 is 1.02 bits per heavy atom. The Morgan fingerprint density at radius 3 is 2.51 bits per heavy atom. The van der Waals surface area contributed by atoms with Gasteiger partial charge in [-0.3, -0.25) is 14.5 Å². The molecule has 3 unspecified atom stereocenters. The number of nitrogens with zero attached hydrogens (tertiary/aromatic N) is 2. The number of carbonyl (C=O) groups excluding carboxylic acids is 3. The largest absolute Gasteiger partial charge is 0.497 e. The first-order valence-corrected chi connectivity index (χ1v) is 15.2. The fourth-order valence-corrected chi connectivity index (χ4v) is 6.57. The third kappa shape index (κ3) is 5.05. The zero-order valence-corrected chi connectivity index (χ0v) is 24.9. The summed E-state index contributed by atoms with van der Waals surface area (Å²) in [5, 5.41) is 4.12. The Labute approximate surface area is 252 Å². The summed E-state index contributed by atoms with van der Waals surface area (Å²) in [6, 6.07) is 20.9. The summed E-state index contributed by atoms with van der Waals surface area (Å²) in [6.07, 6.45) is 4.64. The zero-order chi connectivity index (χ0) is 30.1. The van der Waals surface area contributed by atoms with E-state index in [2.05, 4.69) is 24.1 Å². The number of urea groups is 1. The summed E-state index contributed by atoms with van der Waals surface area (Å²) in [5.41, 5.74) is 4.39. The van der Waals surface area contributed by atoms with Crippen molar-refractivity contribution in [3.05, 3.63) is 95.2 Å². The number of carbonyl (C=O) groups is 3. The van der Waals surface area contributed by atoms with Crippen LogP contribution in [0, 0.1) is 5.92 Å². The number of benzene rings is 3. The average molecular weight is 579 g/mol. The molecule has 1 aromatic heterocycles. The predicted molar refractivity (Wildman–Crippen MR) is 167 cm³/mol. The molecule has 2 N–H and O–H groups in total. The second kappa shape index (κ2) is 12.0. The van der Waals surface area contributed by atoms with Gasteiger partial charge in [0, 0.05) is 29.6 Å². The van der Waals surface area contributed by atoms with Crippen LogP contribution in [0.3, 0.4) is 0 Å². The molecule has 43 heavy (non-hydrogen) atoms. The number of amides is 4. The fraction of sp³-hybridized carbons (Fsp3) is 0.343. The van der Waals surface area contributed by atoms with Crippen LogP contribution in [0.15, 0.2) is 72.8 Å². The summed E-state index contributed by atoms with van der Waals surface area (Å²) in [4.78, 5) is 48.5. The van der Waals surface area contributed by atoms with Gasteiger partial charge < -0.3 is 15.0 Å². The average Bonchev–Trinajstić information content (AvgIpc) is 3.53. The summed E-state index contributed by atoms with van der Waals surface area (Å²) in [5.74, 6) is 0.487. The molecule has 6 rings (SSSR count). The van der Waals surface area contributed by atoms with Gasteiger partial charge in [-0.1, -0.05) is 75.6 Å². The Bertz CT molecular complexity index is 1660. The third-order valence-corrected chi connectivity index (χ3v) is 8.96. The molecule has 4 amide bonds. The Balaban J connectivity index is 1.37. The molecule has 3 heterocycles. The highest BCUT2D eigenvalue weighted by molar-refractivity contribution is 6.24. The van der Waals surface area contributed by atoms with E-state index in [4.69, 9.17) is 4.74 Å². The molecule has 0 radical (unpaired) electrons. The minimum absolute atomic E-state index is 0.279. The van der Waals surface area contributed by atoms with E-state index in [9.17, 15) is 14.4 Å². The Kier molecular flexibility index (Phi) is 7.93. The number of anilines is 1. The lowest BCUT2D eigenvalue weighted by Gasteiger charge is -2.36. The lowest BCUT2D eigenvalue weighted by atomic mass is 9.89. The second-order valence-corrected chi connectivity index (χ2v) is 11.5. The number of imide groups is 1. The lowest BCUT2D eigenvalue weighted by molar-refractivity contribution is -0.120. The number of nitrogens with one attached hydrogen (secondary N) is 2. The van der Waals surface area contributed by atoms with Crippen molar-refractivity contribution in [2.24, 2.45) is 5.92 Å². The van der Waals surface area contributed by atoms with Gasteiger partial charge in [0.15, 0.2) is 0 Å². The molecule has 0 aliphatic carbocycles. The lowest BCUT2D eigenvalue weighted by Crippen LogP contribution is -2.44. The van der Waals surface area contributed by atoms with Crippen LogP contribution in [0.4, 0.5) is 10.5 Å². The van der Waals surface area contributed by atoms with E-state index in [1.54, 1.807) is 36.3 Å². The first-order chi connectivity index (χ1) is 21.0. The van der Waals surface area contributed by atoms with Gasteiger partial charge in [-0.25, -0.2) is 9.69 Å². The van der Waals surface area contributed by atoms with Gasteiger partial charge in [-0.05, 0) is 53.8 Å². The number of H-pyrrole nitrogens is 1. The van der Waals surface area contributed by atoms with E-state index in [1.165, 1.54) is 4.90 Å². The Hall–Kier alpha value is -4.59. The monoisotopic (exact) mass is 578 g/mol. The molecule has 0 bridgehead atoms. The molecule has 2 aliphatic heterocycles. The molecule has 8 nitrogen and oxygen atoms in total. The number of hydrogen-bond acceptors (Lipinski definition) is 4. The fourth-order valence-electron chi connectivity index (χ4n) is 6.57. The van der Waals surface area contributed by atoms with Crippen LogP contribution in [0.1, 0.15) is 72.8 Å². The van der Waals surface area contributed by atoms with E-state index in [-0.39, 0.29) is 11.8 Å². The number of rotatable bonds is 10. The molecule has 0 spiro atoms. The van der Waals surface area contributed by atoms with Gasteiger partial charge in [0.2, 0.25) is 0 Å². The number of ether oxygens (including phenoxy) is 1. The summed E-state index contributed by atoms with van der Waals surface area (Å²) in [6.45, 7) is 4.86. The number of unbranched alkanes of at least 4 members (excludes halogenated alkanes) is 1. The number of para-hydroxylation sites is 2. The van der Waals surface area contributed by atoms with Crippen molar-refractivity contribution >= 4 is 34.4 Å². The minimum atomic E-state index is -0.707. The number of aromatic nitrogens is 1. The highest BCUT2D eigenvalue weighted by Gasteiger charge is 2.53. The van der Waals surface area contributed by atoms with Crippen LogP contribution in [-0.4, -0.2) is 47.4 Å². The number of methoxy groups -OCH3 is 1. The van der Waals surface area contributed by atoms with Gasteiger partial charge in [0.05, 0.1) is 18.4 Å². The quantitative estimate of drug-likeness (QED) is 0.207. The molecule has 4 aromatic rings. The first kappa shape index (κ1) is 28.5. The maximum atomic E-state index is 14.3. The number of hydrogen-bond donors (Lipinski definition) is 2. The number of fused-ring (bicyclic) bond motifs is 4. The van der Waals surface area contributed by atoms with E-state index < -0.39 is 18.1 Å². The van der Waals surface area contributed by atoms with Crippen LogP contribution in [0.25, 0.3) is 10.9 Å². The Morgan fingerprint density at radius 2 is 1.77 bits per heavy atom. The minimum Gasteiger partial charge on any atom is -0.497 e. The van der Waals surface area contributed by atoms with Gasteiger partial charge in [0.25, 0.3) is 11.8 Å². The molecular formula is C35H38N4O4. The summed E-state index contributed by atoms with van der Waals surface area (Å²) in [7, 11) is 1.61. The van der Waals surface area contributed by atoms with Crippen molar-refractivity contribution in [2.75, 3.05) is 18.6 Å². The van der Waals surface area contributed by atoms with E-state index in [0.717, 1.165) is 53.4 Å². The van der Waals surface area contributed by atoms with Crippen LogP contribution in [0.2, 0.25) is 0 Å². The van der Waals surface area contributed by atoms with Crippen LogP contribution < -0.4 is 15.0 Å². The zero-order valence-electron chi connectivity index (χ0n) is 24.9. The van der Waals surface area contributed by atoms with Gasteiger partial charge in [0.1, 0.15) is 17.8 Å². The van der Waals surface area contributed by atoms with Crippen LogP contribution in [-0.2, 0) is 11.2 Å². The van der Waals surface area contributed by atoms with Crippen molar-refractivity contribution in [1.82, 2.24) is 15.2 Å². The maximum absolute atomic E-state index is 14.3. The maximum Gasteiger partial charge on any atom is 0.332 e. The SMILES string of the molecule is CCCCC(CC)CNC(=O)c1ccccc1N1C(=O)C2Cc3c([nH]c4ccccc34)C(c3ccc(OC)cc3)N2C1=O. The molecule has 2 aliphatic rings. The molecule has 1 saturated heterocycles. The molecule has 8 heteroatoms. The van der Waals surface area contributed by atoms with Gasteiger partial charge in [-0.2, -0.15) is 0 Å². The third-order valence-electron chi connectivity index (χ3n) is 8.96. The summed E-state index contributed by atoms with van der Waals surface area (Å²) >= 11 is 0. The van der Waals surface area contributed by atoms with Crippen LogP contribution in [0.5, 0.6) is 5.75 Å². The summed E-state index contributed by atoms with van der Waals surface area (Å²) < 4.78 is 5.38. The molecular weight excluding hydrogens is 540 g/mol. The smallest absolute Gasteiger partial charge is 0.332 e. The first-order valence-electron chi connectivity index (χ1n) is 15.2. The standard InChI is InChI=1S/C35H38N4O4/c1-4-6-11-22(5-2)21-36-33(40)26-13-8-10-15-29(26)39-34(41)30-20-27-25-12-7-9-14-28(25)37-31(27)32(38(30)35(39)42)23-16-18-24(43-3)19-17-23/h7-10,12-19,22,30,32,37H,4-6,11,20-21H2,1-3H3,(H,36,40). The van der Waals surface area contributed by atoms with Crippen molar-refractivity contribution in [2.45, 2.75) is 58.0 Å². The highest BCUT2D eigenvalue weighted by Crippen LogP contribution is 2.45. The molecule has 3 aromatic carbocycles. The van der Waals surface area contributed by atoms with E-state index >= 15 is 0 Å². The van der Waals surface area contributed by atoms with Crippen molar-refractivity contribution in [1.29, 1.82) is 0 Å². The van der Waals surface area contributed by atoms with Gasteiger partial charge in [-0.15, -0.1) is 0 Å². The van der Waals surface area contributed by atoms with Crippen molar-refractivity contribution in [3.8, 4) is 5.75 Å². The topological polar surface area (TPSA) is 94.7 Å². The highest BCUT2D eigenvalue weighted by atomic mass is 16.5. The number of aromatic amines is 1. The van der Waals surface area contributed by atoms with Crippen molar-refractivity contribution < 1.29 is 19.1 Å². The predicted octanol–water partition coefficient (Wildman–Crippen LogP) is 6.61. The van der Waals surface area contributed by atoms with Gasteiger partial charge >= 0.3 is 6.03 Å². The van der Waals surface area contributed by atoms with E-state index in [0.29, 0.717) is 35.9 Å².